The summed E-state index contributed by atoms with van der Waals surface area (Å²) in [6.45, 7) is 6.90. The van der Waals surface area contributed by atoms with Gasteiger partial charge in [-0.1, -0.05) is 148 Å². The minimum Gasteiger partial charge on any atom is -0.497 e. The average molecular weight is 619 g/mol. The lowest BCUT2D eigenvalue weighted by Gasteiger charge is -2.23. The largest absolute Gasteiger partial charge is 0.497 e. The fourth-order valence-corrected chi connectivity index (χ4v) is 7.08. The Morgan fingerprint density at radius 3 is 1.60 bits per heavy atom. The summed E-state index contributed by atoms with van der Waals surface area (Å²) in [6, 6.07) is 57.8. The van der Waals surface area contributed by atoms with E-state index in [9.17, 15) is 0 Å². The quantitative estimate of drug-likeness (QED) is 0.174. The van der Waals surface area contributed by atoms with Crippen LogP contribution in [0.4, 0.5) is 0 Å². The topological polar surface area (TPSA) is 9.23 Å². The zero-order chi connectivity index (χ0) is 32.8. The van der Waals surface area contributed by atoms with Crippen molar-refractivity contribution in [1.29, 1.82) is 0 Å². The first-order valence-electron chi connectivity index (χ1n) is 16.7. The molecule has 0 amide bonds. The van der Waals surface area contributed by atoms with Gasteiger partial charge in [0.15, 0.2) is 0 Å². The van der Waals surface area contributed by atoms with Gasteiger partial charge >= 0.3 is 0 Å². The van der Waals surface area contributed by atoms with Gasteiger partial charge in [-0.15, -0.1) is 0 Å². The molecule has 232 valence electrons. The molecule has 8 aromatic carbocycles. The predicted octanol–water partition coefficient (Wildman–Crippen LogP) is 13.1. The van der Waals surface area contributed by atoms with E-state index in [1.807, 2.05) is 12.1 Å². The molecule has 0 atom stereocenters. The molecule has 0 N–H and O–H groups in total. The van der Waals surface area contributed by atoms with E-state index in [1.54, 1.807) is 7.11 Å². The molecular weight excluding hydrogens is 581 g/mol. The molecule has 1 nitrogen and oxygen atoms in total. The van der Waals surface area contributed by atoms with Crippen LogP contribution in [0.3, 0.4) is 0 Å². The van der Waals surface area contributed by atoms with Gasteiger partial charge in [0.1, 0.15) is 5.75 Å². The molecule has 0 saturated heterocycles. The molecule has 0 aliphatic carbocycles. The molecule has 0 radical (unpaired) electrons. The summed E-state index contributed by atoms with van der Waals surface area (Å²) in [5, 5.41) is 7.54. The Labute approximate surface area is 283 Å². The zero-order valence-electron chi connectivity index (χ0n) is 27.9. The fraction of sp³-hybridized carbons (Fsp3) is 0.106. The molecule has 0 bridgehead atoms. The van der Waals surface area contributed by atoms with Crippen LogP contribution in [0.25, 0.3) is 76.8 Å². The van der Waals surface area contributed by atoms with Gasteiger partial charge in [-0.2, -0.15) is 0 Å². The molecule has 0 unspecified atom stereocenters. The molecule has 0 aromatic heterocycles. The minimum atomic E-state index is 0.0134. The molecule has 48 heavy (non-hydrogen) atoms. The maximum atomic E-state index is 5.47. The summed E-state index contributed by atoms with van der Waals surface area (Å²) >= 11 is 0. The number of fused-ring (bicyclic) bond motifs is 3. The summed E-state index contributed by atoms with van der Waals surface area (Å²) in [4.78, 5) is 0. The van der Waals surface area contributed by atoms with Crippen molar-refractivity contribution in [2.45, 2.75) is 26.2 Å². The Morgan fingerprint density at radius 1 is 0.375 bits per heavy atom. The number of methoxy groups -OCH3 is 1. The third-order valence-corrected chi connectivity index (χ3v) is 9.72. The van der Waals surface area contributed by atoms with Crippen LogP contribution < -0.4 is 4.74 Å². The van der Waals surface area contributed by atoms with Crippen LogP contribution in [0.15, 0.2) is 158 Å². The van der Waals surface area contributed by atoms with Gasteiger partial charge in [-0.25, -0.2) is 0 Å². The zero-order valence-corrected chi connectivity index (χ0v) is 27.9. The summed E-state index contributed by atoms with van der Waals surface area (Å²) in [5.74, 6) is 0.859. The van der Waals surface area contributed by atoms with E-state index in [2.05, 4.69) is 166 Å². The van der Waals surface area contributed by atoms with Crippen molar-refractivity contribution in [3.63, 3.8) is 0 Å². The van der Waals surface area contributed by atoms with E-state index in [4.69, 9.17) is 4.74 Å². The third-order valence-electron chi connectivity index (χ3n) is 9.72. The first-order chi connectivity index (χ1) is 23.4. The highest BCUT2D eigenvalue weighted by Crippen LogP contribution is 2.46. The molecule has 0 aliphatic heterocycles. The van der Waals surface area contributed by atoms with Gasteiger partial charge in [-0.05, 0) is 118 Å². The van der Waals surface area contributed by atoms with E-state index < -0.39 is 0 Å². The van der Waals surface area contributed by atoms with Crippen molar-refractivity contribution < 1.29 is 4.74 Å². The second kappa shape index (κ2) is 11.9. The highest BCUT2D eigenvalue weighted by atomic mass is 16.5. The monoisotopic (exact) mass is 618 g/mol. The van der Waals surface area contributed by atoms with Crippen LogP contribution >= 0.6 is 0 Å². The molecule has 0 spiro atoms. The molecule has 0 fully saturated rings. The Kier molecular flexibility index (Phi) is 7.34. The van der Waals surface area contributed by atoms with Crippen LogP contribution in [0.2, 0.25) is 0 Å². The van der Waals surface area contributed by atoms with E-state index >= 15 is 0 Å². The van der Waals surface area contributed by atoms with Crippen molar-refractivity contribution in [3.8, 4) is 50.3 Å². The SMILES string of the molecule is COc1ccc(-c2ccc3c(-c4ccc5ccccc5c4)c4cc(C(C)(C)C)ccc4c(-c4ccc(-c5ccccc5)cc4)c3c2)cc1. The van der Waals surface area contributed by atoms with E-state index in [1.165, 1.54) is 82.4 Å². The first-order valence-corrected chi connectivity index (χ1v) is 16.7. The Bertz CT molecular complexity index is 2430. The molecule has 8 rings (SSSR count). The summed E-state index contributed by atoms with van der Waals surface area (Å²) < 4.78 is 5.47. The number of ether oxygens (including phenoxy) is 1. The highest BCUT2D eigenvalue weighted by molar-refractivity contribution is 6.22. The molecule has 0 aliphatic rings. The van der Waals surface area contributed by atoms with E-state index in [-0.39, 0.29) is 5.41 Å². The molecule has 1 heteroatoms. The molecule has 8 aromatic rings. The standard InChI is InChI=1S/C47H38O/c1-47(2,3)39-23-27-42-44(30-39)46(38-19-16-32-12-8-9-13-36(32)28-38)41-26-22-37(34-20-24-40(48-4)25-21-34)29-43(41)45(42)35-17-14-33(15-18-35)31-10-6-5-7-11-31/h5-30H,1-4H3. The summed E-state index contributed by atoms with van der Waals surface area (Å²) in [6.07, 6.45) is 0. The smallest absolute Gasteiger partial charge is 0.118 e. The van der Waals surface area contributed by atoms with Gasteiger partial charge in [0.2, 0.25) is 0 Å². The number of benzene rings is 8. The van der Waals surface area contributed by atoms with Crippen LogP contribution in [-0.2, 0) is 5.41 Å². The molecular formula is C47H38O. The average Bonchev–Trinajstić information content (AvgIpc) is 3.13. The molecule has 0 heterocycles. The fourth-order valence-electron chi connectivity index (χ4n) is 7.08. The Hall–Kier alpha value is -5.66. The van der Waals surface area contributed by atoms with Crippen LogP contribution in [-0.4, -0.2) is 7.11 Å². The first kappa shape index (κ1) is 29.7. The van der Waals surface area contributed by atoms with Crippen molar-refractivity contribution in [2.24, 2.45) is 0 Å². The van der Waals surface area contributed by atoms with Crippen molar-refractivity contribution in [1.82, 2.24) is 0 Å². The lowest BCUT2D eigenvalue weighted by Crippen LogP contribution is -2.10. The highest BCUT2D eigenvalue weighted by Gasteiger charge is 2.21. The van der Waals surface area contributed by atoms with E-state index in [0.717, 1.165) is 5.75 Å². The maximum absolute atomic E-state index is 5.47. The summed E-state index contributed by atoms with van der Waals surface area (Å²) in [7, 11) is 1.71. The van der Waals surface area contributed by atoms with E-state index in [0.29, 0.717) is 0 Å². The number of hydrogen-bond acceptors (Lipinski definition) is 1. The normalized spacial score (nSPS) is 11.8. The Morgan fingerprint density at radius 2 is 0.896 bits per heavy atom. The number of hydrogen-bond donors (Lipinski definition) is 0. The van der Waals surface area contributed by atoms with Crippen LogP contribution in [0.5, 0.6) is 5.75 Å². The van der Waals surface area contributed by atoms with Gasteiger partial charge in [0.05, 0.1) is 7.11 Å². The van der Waals surface area contributed by atoms with Gasteiger partial charge in [0.25, 0.3) is 0 Å². The third kappa shape index (κ3) is 5.32. The number of rotatable bonds is 5. The van der Waals surface area contributed by atoms with Crippen molar-refractivity contribution in [3.05, 3.63) is 163 Å². The lowest BCUT2D eigenvalue weighted by atomic mass is 9.80. The minimum absolute atomic E-state index is 0.0134. The van der Waals surface area contributed by atoms with Crippen LogP contribution in [0.1, 0.15) is 26.3 Å². The van der Waals surface area contributed by atoms with Gasteiger partial charge < -0.3 is 4.74 Å². The predicted molar refractivity (Wildman–Crippen MR) is 206 cm³/mol. The maximum Gasteiger partial charge on any atom is 0.118 e. The second-order valence-electron chi connectivity index (χ2n) is 13.8. The van der Waals surface area contributed by atoms with Gasteiger partial charge in [-0.3, -0.25) is 0 Å². The molecule has 0 saturated carbocycles. The van der Waals surface area contributed by atoms with Crippen molar-refractivity contribution in [2.75, 3.05) is 7.11 Å². The van der Waals surface area contributed by atoms with Gasteiger partial charge in [0, 0.05) is 0 Å². The van der Waals surface area contributed by atoms with Crippen molar-refractivity contribution >= 4 is 32.3 Å². The lowest BCUT2D eigenvalue weighted by molar-refractivity contribution is 0.415. The van der Waals surface area contributed by atoms with Crippen LogP contribution in [0, 0.1) is 0 Å². The second-order valence-corrected chi connectivity index (χ2v) is 13.8. The summed E-state index contributed by atoms with van der Waals surface area (Å²) in [5.41, 5.74) is 11.1. The Balaban J connectivity index is 1.46.